The summed E-state index contributed by atoms with van der Waals surface area (Å²) in [6.07, 6.45) is 0.247. The van der Waals surface area contributed by atoms with Gasteiger partial charge in [-0.25, -0.2) is 0 Å². The summed E-state index contributed by atoms with van der Waals surface area (Å²) in [5.74, 6) is 1.97. The third kappa shape index (κ3) is 3.30. The minimum atomic E-state index is -0.867. The summed E-state index contributed by atoms with van der Waals surface area (Å²) < 4.78 is 10.6. The van der Waals surface area contributed by atoms with Gasteiger partial charge >= 0.3 is 5.97 Å². The highest BCUT2D eigenvalue weighted by molar-refractivity contribution is 7.99. The van der Waals surface area contributed by atoms with Crippen LogP contribution < -0.4 is 9.47 Å². The molecule has 7 heteroatoms. The molecule has 118 valence electrons. The van der Waals surface area contributed by atoms with E-state index in [4.69, 9.17) is 14.6 Å². The molecule has 1 saturated heterocycles. The molecular weight excluding hydrogens is 306 g/mol. The van der Waals surface area contributed by atoms with Gasteiger partial charge in [0.15, 0.2) is 11.5 Å². The summed E-state index contributed by atoms with van der Waals surface area (Å²) in [6.45, 7) is 0.808. The number of rotatable bonds is 4. The fourth-order valence-corrected chi connectivity index (χ4v) is 3.74. The number of carbonyl (C=O) groups is 2. The fourth-order valence-electron chi connectivity index (χ4n) is 2.68. The van der Waals surface area contributed by atoms with Crippen molar-refractivity contribution >= 4 is 23.6 Å². The van der Waals surface area contributed by atoms with Crippen molar-refractivity contribution in [3.05, 3.63) is 23.8 Å². The first-order valence-corrected chi connectivity index (χ1v) is 8.26. The van der Waals surface area contributed by atoms with Crippen molar-refractivity contribution < 1.29 is 24.2 Å². The zero-order chi connectivity index (χ0) is 15.5. The van der Waals surface area contributed by atoms with E-state index in [1.54, 1.807) is 22.7 Å². The van der Waals surface area contributed by atoms with E-state index in [0.717, 1.165) is 11.3 Å². The monoisotopic (exact) mass is 323 g/mol. The van der Waals surface area contributed by atoms with Crippen LogP contribution in [0.15, 0.2) is 18.2 Å². The molecule has 0 spiro atoms. The molecule has 2 heterocycles. The highest BCUT2D eigenvalue weighted by atomic mass is 32.2. The summed E-state index contributed by atoms with van der Waals surface area (Å²) in [4.78, 5) is 25.2. The lowest BCUT2D eigenvalue weighted by Crippen LogP contribution is -2.47. The third-order valence-electron chi connectivity index (χ3n) is 3.75. The molecule has 0 bridgehead atoms. The summed E-state index contributed by atoms with van der Waals surface area (Å²) >= 11 is 1.69. The zero-order valence-electron chi connectivity index (χ0n) is 12.0. The van der Waals surface area contributed by atoms with Crippen LogP contribution in [0, 0.1) is 0 Å². The second-order valence-electron chi connectivity index (χ2n) is 5.28. The molecule has 1 atom stereocenters. The van der Waals surface area contributed by atoms with Gasteiger partial charge in [0.25, 0.3) is 0 Å². The van der Waals surface area contributed by atoms with Gasteiger partial charge in [-0.2, -0.15) is 11.8 Å². The summed E-state index contributed by atoms with van der Waals surface area (Å²) in [5, 5.41) is 8.98. The number of aliphatic carboxylic acids is 1. The van der Waals surface area contributed by atoms with Gasteiger partial charge in [-0.3, -0.25) is 9.59 Å². The van der Waals surface area contributed by atoms with E-state index in [0.29, 0.717) is 23.8 Å². The van der Waals surface area contributed by atoms with Crippen molar-refractivity contribution in [3.63, 3.8) is 0 Å². The largest absolute Gasteiger partial charge is 0.481 e. The molecule has 0 aromatic heterocycles. The van der Waals surface area contributed by atoms with Crippen molar-refractivity contribution in [2.75, 3.05) is 24.8 Å². The molecule has 0 aliphatic carbocycles. The van der Waals surface area contributed by atoms with Crippen LogP contribution in [0.3, 0.4) is 0 Å². The highest BCUT2D eigenvalue weighted by Gasteiger charge is 2.29. The molecule has 1 aromatic carbocycles. The Balaban J connectivity index is 1.68. The number of nitrogens with zero attached hydrogens (tertiary/aromatic N) is 1. The maximum atomic E-state index is 12.5. The van der Waals surface area contributed by atoms with Crippen LogP contribution >= 0.6 is 11.8 Å². The average molecular weight is 323 g/mol. The first kappa shape index (κ1) is 15.0. The topological polar surface area (TPSA) is 76.1 Å². The molecule has 1 N–H and O–H groups in total. The van der Waals surface area contributed by atoms with Crippen molar-refractivity contribution in [2.45, 2.75) is 18.9 Å². The lowest BCUT2D eigenvalue weighted by atomic mass is 10.1. The van der Waals surface area contributed by atoms with E-state index in [2.05, 4.69) is 0 Å². The number of hydrogen-bond acceptors (Lipinski definition) is 5. The van der Waals surface area contributed by atoms with E-state index in [9.17, 15) is 9.59 Å². The van der Waals surface area contributed by atoms with Crippen LogP contribution in [-0.2, 0) is 16.0 Å². The Hall–Kier alpha value is -1.89. The van der Waals surface area contributed by atoms with Crippen molar-refractivity contribution in [1.82, 2.24) is 4.90 Å². The van der Waals surface area contributed by atoms with Crippen LogP contribution in [0.1, 0.15) is 12.0 Å². The molecule has 1 fully saturated rings. The number of hydrogen-bond donors (Lipinski definition) is 1. The Morgan fingerprint density at radius 2 is 2.14 bits per heavy atom. The number of fused-ring (bicyclic) bond motifs is 1. The Bertz CT molecular complexity index is 591. The number of amides is 1. The smallest absolute Gasteiger partial charge is 0.305 e. The van der Waals surface area contributed by atoms with Gasteiger partial charge in [-0.05, 0) is 17.7 Å². The molecule has 1 aromatic rings. The SMILES string of the molecule is O=C(O)CC1CSCCN1C(=O)Cc1ccc2c(c1)OCO2. The number of benzene rings is 1. The second kappa shape index (κ2) is 6.48. The Kier molecular flexibility index (Phi) is 4.42. The second-order valence-corrected chi connectivity index (χ2v) is 6.43. The molecule has 6 nitrogen and oxygen atoms in total. The molecule has 0 saturated carbocycles. The summed E-state index contributed by atoms with van der Waals surface area (Å²) in [6, 6.07) is 5.23. The first-order chi connectivity index (χ1) is 10.6. The Morgan fingerprint density at radius 1 is 1.32 bits per heavy atom. The van der Waals surface area contributed by atoms with E-state index in [1.807, 2.05) is 12.1 Å². The number of ether oxygens (including phenoxy) is 2. The predicted octanol–water partition coefficient (Wildman–Crippen LogP) is 1.38. The van der Waals surface area contributed by atoms with Gasteiger partial charge in [-0.15, -0.1) is 0 Å². The van der Waals surface area contributed by atoms with Gasteiger partial charge < -0.3 is 19.5 Å². The van der Waals surface area contributed by atoms with Crippen molar-refractivity contribution in [2.24, 2.45) is 0 Å². The van der Waals surface area contributed by atoms with E-state index in [1.165, 1.54) is 0 Å². The van der Waals surface area contributed by atoms with Crippen LogP contribution in [0.2, 0.25) is 0 Å². The molecule has 1 unspecified atom stereocenters. The lowest BCUT2D eigenvalue weighted by Gasteiger charge is -2.34. The quantitative estimate of drug-likeness (QED) is 0.902. The van der Waals surface area contributed by atoms with Gasteiger partial charge in [0.2, 0.25) is 12.7 Å². The summed E-state index contributed by atoms with van der Waals surface area (Å²) in [5.41, 5.74) is 0.849. The molecule has 2 aliphatic rings. The number of carboxylic acid groups (broad SMARTS) is 1. The maximum Gasteiger partial charge on any atom is 0.305 e. The first-order valence-electron chi connectivity index (χ1n) is 7.11. The van der Waals surface area contributed by atoms with Crippen LogP contribution in [0.4, 0.5) is 0 Å². The maximum absolute atomic E-state index is 12.5. The van der Waals surface area contributed by atoms with E-state index >= 15 is 0 Å². The molecule has 0 radical (unpaired) electrons. The molecule has 3 rings (SSSR count). The molecular formula is C15H17NO5S. The van der Waals surface area contributed by atoms with Gasteiger partial charge in [-0.1, -0.05) is 6.07 Å². The molecule has 22 heavy (non-hydrogen) atoms. The number of carbonyl (C=O) groups excluding carboxylic acids is 1. The summed E-state index contributed by atoms with van der Waals surface area (Å²) in [7, 11) is 0. The average Bonchev–Trinajstić information content (AvgIpc) is 2.94. The van der Waals surface area contributed by atoms with Gasteiger partial charge in [0.05, 0.1) is 18.9 Å². The Morgan fingerprint density at radius 3 is 2.95 bits per heavy atom. The number of thioether (sulfide) groups is 1. The van der Waals surface area contributed by atoms with Crippen molar-refractivity contribution in [3.8, 4) is 11.5 Å². The minimum absolute atomic E-state index is 0.000120. The van der Waals surface area contributed by atoms with Crippen molar-refractivity contribution in [1.29, 1.82) is 0 Å². The number of carboxylic acids is 1. The molecule has 2 aliphatic heterocycles. The normalized spacial score (nSPS) is 20.0. The molecule has 1 amide bonds. The van der Waals surface area contributed by atoms with Crippen LogP contribution in [-0.4, -0.2) is 52.8 Å². The van der Waals surface area contributed by atoms with Crippen LogP contribution in [0.25, 0.3) is 0 Å². The van der Waals surface area contributed by atoms with E-state index in [-0.39, 0.29) is 31.6 Å². The van der Waals surface area contributed by atoms with Gasteiger partial charge in [0.1, 0.15) is 0 Å². The van der Waals surface area contributed by atoms with Crippen LogP contribution in [0.5, 0.6) is 11.5 Å². The Labute approximate surface area is 132 Å². The standard InChI is InChI=1S/C15H17NO5S/c17-14(16-3-4-22-8-11(16)7-15(18)19)6-10-1-2-12-13(5-10)21-9-20-12/h1-2,5,11H,3-4,6-9H2,(H,18,19). The van der Waals surface area contributed by atoms with E-state index < -0.39 is 5.97 Å². The minimum Gasteiger partial charge on any atom is -0.481 e. The lowest BCUT2D eigenvalue weighted by molar-refractivity contribution is -0.140. The highest BCUT2D eigenvalue weighted by Crippen LogP contribution is 2.32. The fraction of sp³-hybridized carbons (Fsp3) is 0.467. The predicted molar refractivity (Wildman–Crippen MR) is 81.3 cm³/mol. The van der Waals surface area contributed by atoms with Gasteiger partial charge in [0, 0.05) is 18.1 Å². The zero-order valence-corrected chi connectivity index (χ0v) is 12.8. The third-order valence-corrected chi connectivity index (χ3v) is 4.84.